The lowest BCUT2D eigenvalue weighted by Crippen LogP contribution is -2.51. The predicted molar refractivity (Wildman–Crippen MR) is 131 cm³/mol. The fourth-order valence-corrected chi connectivity index (χ4v) is 5.43. The first-order valence-corrected chi connectivity index (χ1v) is 12.5. The van der Waals surface area contributed by atoms with Crippen LogP contribution in [-0.4, -0.2) is 76.5 Å². The number of methoxy groups -OCH3 is 2. The number of carbonyl (C=O) groups excluding carboxylic acids is 2. The molecule has 10 heteroatoms. The molecule has 3 rings (SSSR count). The van der Waals surface area contributed by atoms with E-state index in [4.69, 9.17) is 14.2 Å². The Morgan fingerprint density at radius 1 is 0.971 bits per heavy atom. The summed E-state index contributed by atoms with van der Waals surface area (Å²) in [6.45, 7) is 4.03. The van der Waals surface area contributed by atoms with Gasteiger partial charge in [-0.25, -0.2) is 13.2 Å². The molecule has 1 amide bonds. The molecule has 1 aliphatic rings. The normalized spacial score (nSPS) is 14.7. The third kappa shape index (κ3) is 6.40. The summed E-state index contributed by atoms with van der Waals surface area (Å²) in [6.07, 6.45) is 2.73. The Morgan fingerprint density at radius 2 is 1.69 bits per heavy atom. The number of esters is 1. The van der Waals surface area contributed by atoms with Crippen LogP contribution in [0.3, 0.4) is 0 Å². The van der Waals surface area contributed by atoms with Crippen molar-refractivity contribution in [2.45, 2.75) is 18.7 Å². The number of rotatable bonds is 8. The fraction of sp³-hybridized carbons (Fsp3) is 0.360. The van der Waals surface area contributed by atoms with Crippen molar-refractivity contribution in [3.8, 4) is 11.5 Å². The monoisotopic (exact) mass is 502 g/mol. The lowest BCUT2D eigenvalue weighted by atomic mass is 10.1. The molecule has 0 radical (unpaired) electrons. The molecule has 35 heavy (non-hydrogen) atoms. The van der Waals surface area contributed by atoms with Crippen LogP contribution in [0.4, 0.5) is 0 Å². The lowest BCUT2D eigenvalue weighted by Gasteiger charge is -2.34. The lowest BCUT2D eigenvalue weighted by molar-refractivity contribution is -0.148. The number of sulfonamides is 1. The van der Waals surface area contributed by atoms with Gasteiger partial charge in [-0.1, -0.05) is 17.7 Å². The molecule has 0 aromatic heterocycles. The van der Waals surface area contributed by atoms with Crippen molar-refractivity contribution < 1.29 is 32.2 Å². The molecule has 1 fully saturated rings. The Morgan fingerprint density at radius 3 is 2.31 bits per heavy atom. The van der Waals surface area contributed by atoms with Crippen molar-refractivity contribution in [3.05, 3.63) is 59.2 Å². The number of ether oxygens (including phenoxy) is 3. The zero-order chi connectivity index (χ0) is 25.6. The number of hydrogen-bond acceptors (Lipinski definition) is 7. The van der Waals surface area contributed by atoms with E-state index in [2.05, 4.69) is 0 Å². The highest BCUT2D eigenvalue weighted by Gasteiger charge is 2.31. The Kier molecular flexibility index (Phi) is 8.52. The van der Waals surface area contributed by atoms with E-state index < -0.39 is 22.6 Å². The molecule has 1 heterocycles. The van der Waals surface area contributed by atoms with Crippen molar-refractivity contribution >= 4 is 28.0 Å². The van der Waals surface area contributed by atoms with Crippen LogP contribution in [0.15, 0.2) is 47.4 Å². The second-order valence-electron chi connectivity index (χ2n) is 8.10. The van der Waals surface area contributed by atoms with Gasteiger partial charge in [-0.15, -0.1) is 0 Å². The van der Waals surface area contributed by atoms with E-state index in [1.165, 1.54) is 35.6 Å². The first-order valence-electron chi connectivity index (χ1n) is 11.1. The summed E-state index contributed by atoms with van der Waals surface area (Å²) in [5, 5.41) is 0. The highest BCUT2D eigenvalue weighted by molar-refractivity contribution is 7.89. The van der Waals surface area contributed by atoms with Crippen LogP contribution in [0, 0.1) is 13.8 Å². The molecule has 2 aromatic rings. The van der Waals surface area contributed by atoms with Gasteiger partial charge in [0.2, 0.25) is 10.0 Å². The first kappa shape index (κ1) is 26.2. The molecule has 1 aliphatic heterocycles. The minimum Gasteiger partial charge on any atom is -0.497 e. The van der Waals surface area contributed by atoms with E-state index >= 15 is 0 Å². The van der Waals surface area contributed by atoms with Gasteiger partial charge in [-0.05, 0) is 49.8 Å². The van der Waals surface area contributed by atoms with E-state index in [9.17, 15) is 18.0 Å². The highest BCUT2D eigenvalue weighted by Crippen LogP contribution is 2.25. The van der Waals surface area contributed by atoms with Crippen molar-refractivity contribution in [1.82, 2.24) is 9.21 Å². The van der Waals surface area contributed by atoms with Gasteiger partial charge in [0.05, 0.1) is 19.1 Å². The van der Waals surface area contributed by atoms with Crippen molar-refractivity contribution in [2.75, 3.05) is 47.0 Å². The maximum atomic E-state index is 13.0. The minimum atomic E-state index is -3.65. The van der Waals surface area contributed by atoms with Gasteiger partial charge >= 0.3 is 5.97 Å². The molecule has 0 bridgehead atoms. The summed E-state index contributed by atoms with van der Waals surface area (Å²) >= 11 is 0. The second-order valence-corrected chi connectivity index (χ2v) is 10.0. The van der Waals surface area contributed by atoms with Crippen LogP contribution in [0.5, 0.6) is 11.5 Å². The minimum absolute atomic E-state index is 0.172. The standard InChI is InChI=1S/C25H30N2O7S/c1-18-5-9-23(19(2)15-18)35(30,31)27-13-11-26(12-14-27)24(28)17-34-25(29)10-6-20-16-21(32-3)7-8-22(20)33-4/h5-10,15-16H,11-14,17H2,1-4H3/b10-6+. The third-order valence-electron chi connectivity index (χ3n) is 5.71. The summed E-state index contributed by atoms with van der Waals surface area (Å²) in [5.41, 5.74) is 2.30. The zero-order valence-electron chi connectivity index (χ0n) is 20.3. The molecule has 0 aliphatic carbocycles. The number of piperazine rings is 1. The van der Waals surface area contributed by atoms with Gasteiger partial charge in [0.1, 0.15) is 11.5 Å². The highest BCUT2D eigenvalue weighted by atomic mass is 32.2. The Balaban J connectivity index is 1.52. The predicted octanol–water partition coefficient (Wildman–Crippen LogP) is 2.41. The van der Waals surface area contributed by atoms with Crippen molar-refractivity contribution in [2.24, 2.45) is 0 Å². The number of nitrogens with zero attached hydrogens (tertiary/aromatic N) is 2. The Hall–Kier alpha value is -3.37. The summed E-state index contributed by atoms with van der Waals surface area (Å²) in [4.78, 5) is 26.4. The molecule has 0 atom stereocenters. The number of amides is 1. The van der Waals surface area contributed by atoms with Gasteiger partial charge < -0.3 is 19.1 Å². The van der Waals surface area contributed by atoms with Crippen LogP contribution in [0.1, 0.15) is 16.7 Å². The molecule has 2 aromatic carbocycles. The van der Waals surface area contributed by atoms with Gasteiger partial charge in [-0.3, -0.25) is 4.79 Å². The summed E-state index contributed by atoms with van der Waals surface area (Å²) < 4.78 is 42.9. The van der Waals surface area contributed by atoms with E-state index in [-0.39, 0.29) is 37.0 Å². The summed E-state index contributed by atoms with van der Waals surface area (Å²) in [5.74, 6) is 0.0980. The largest absolute Gasteiger partial charge is 0.497 e. The topological polar surface area (TPSA) is 102 Å². The number of benzene rings is 2. The maximum absolute atomic E-state index is 13.0. The smallest absolute Gasteiger partial charge is 0.331 e. The van der Waals surface area contributed by atoms with Crippen LogP contribution < -0.4 is 9.47 Å². The average Bonchev–Trinajstić information content (AvgIpc) is 2.85. The van der Waals surface area contributed by atoms with Crippen LogP contribution in [-0.2, 0) is 24.3 Å². The van der Waals surface area contributed by atoms with Crippen molar-refractivity contribution in [1.29, 1.82) is 0 Å². The molecule has 0 unspecified atom stereocenters. The SMILES string of the molecule is COc1ccc(OC)c(/C=C/C(=O)OCC(=O)N2CCN(S(=O)(=O)c3ccc(C)cc3C)CC2)c1. The van der Waals surface area contributed by atoms with Gasteiger partial charge in [-0.2, -0.15) is 4.31 Å². The fourth-order valence-electron chi connectivity index (χ4n) is 3.81. The van der Waals surface area contributed by atoms with E-state index in [1.54, 1.807) is 37.3 Å². The van der Waals surface area contributed by atoms with Crippen LogP contribution in [0.25, 0.3) is 6.08 Å². The molecule has 1 saturated heterocycles. The van der Waals surface area contributed by atoms with Gasteiger partial charge in [0, 0.05) is 37.8 Å². The summed E-state index contributed by atoms with van der Waals surface area (Å²) in [7, 11) is -0.595. The maximum Gasteiger partial charge on any atom is 0.331 e. The molecular formula is C25H30N2O7S. The molecule has 9 nitrogen and oxygen atoms in total. The first-order chi connectivity index (χ1) is 16.6. The molecule has 0 N–H and O–H groups in total. The average molecular weight is 503 g/mol. The number of carbonyl (C=O) groups is 2. The molecule has 188 valence electrons. The van der Waals surface area contributed by atoms with E-state index in [0.717, 1.165) is 5.56 Å². The number of aryl methyl sites for hydroxylation is 2. The van der Waals surface area contributed by atoms with Crippen LogP contribution >= 0.6 is 0 Å². The summed E-state index contributed by atoms with van der Waals surface area (Å²) in [6, 6.07) is 10.4. The Bertz CT molecular complexity index is 1220. The second kappa shape index (κ2) is 11.4. The zero-order valence-corrected chi connectivity index (χ0v) is 21.1. The quantitative estimate of drug-likeness (QED) is 0.403. The van der Waals surface area contributed by atoms with E-state index in [1.807, 2.05) is 13.0 Å². The molecular weight excluding hydrogens is 472 g/mol. The van der Waals surface area contributed by atoms with E-state index in [0.29, 0.717) is 22.6 Å². The molecule has 0 saturated carbocycles. The Labute approximate surface area is 205 Å². The van der Waals surface area contributed by atoms with Gasteiger partial charge in [0.25, 0.3) is 5.91 Å². The van der Waals surface area contributed by atoms with Gasteiger partial charge in [0.15, 0.2) is 6.61 Å². The number of hydrogen-bond donors (Lipinski definition) is 0. The van der Waals surface area contributed by atoms with Crippen LogP contribution in [0.2, 0.25) is 0 Å². The third-order valence-corrected chi connectivity index (χ3v) is 7.77. The molecule has 0 spiro atoms. The van der Waals surface area contributed by atoms with Crippen molar-refractivity contribution in [3.63, 3.8) is 0 Å².